The molecule has 0 aliphatic carbocycles. The number of hydrogen-bond donors (Lipinski definition) is 1. The van der Waals surface area contributed by atoms with E-state index in [0.717, 1.165) is 11.6 Å². The molecule has 0 saturated heterocycles. The van der Waals surface area contributed by atoms with Crippen molar-refractivity contribution < 1.29 is 5.11 Å². The van der Waals surface area contributed by atoms with Gasteiger partial charge in [0.05, 0.1) is 11.1 Å². The number of thiazole rings is 1. The van der Waals surface area contributed by atoms with Crippen molar-refractivity contribution in [2.75, 3.05) is 13.6 Å². The third-order valence-electron chi connectivity index (χ3n) is 2.90. The Labute approximate surface area is 132 Å². The Morgan fingerprint density at radius 3 is 2.80 bits per heavy atom. The molecule has 6 heteroatoms. The minimum Gasteiger partial charge on any atom is -0.387 e. The molecule has 108 valence electrons. The predicted octanol–water partition coefficient (Wildman–Crippen LogP) is 3.92. The number of aliphatic hydroxyl groups excluding tert-OH is 1. The highest BCUT2D eigenvalue weighted by atomic mass is 35.5. The fraction of sp³-hybridized carbons (Fsp3) is 0.357. The highest BCUT2D eigenvalue weighted by Crippen LogP contribution is 2.27. The van der Waals surface area contributed by atoms with E-state index in [-0.39, 0.29) is 0 Å². The zero-order valence-electron chi connectivity index (χ0n) is 11.3. The lowest BCUT2D eigenvalue weighted by molar-refractivity contribution is 0.124. The molecule has 1 heterocycles. The van der Waals surface area contributed by atoms with Crippen molar-refractivity contribution in [3.63, 3.8) is 0 Å². The van der Waals surface area contributed by atoms with Gasteiger partial charge in [-0.25, -0.2) is 4.98 Å². The van der Waals surface area contributed by atoms with Gasteiger partial charge in [0.25, 0.3) is 0 Å². The van der Waals surface area contributed by atoms with Gasteiger partial charge in [-0.05, 0) is 32.2 Å². The highest BCUT2D eigenvalue weighted by Gasteiger charge is 2.15. The highest BCUT2D eigenvalue weighted by molar-refractivity contribution is 7.11. The van der Waals surface area contributed by atoms with Crippen LogP contribution < -0.4 is 0 Å². The minimum absolute atomic E-state index is 0.483. The van der Waals surface area contributed by atoms with E-state index in [1.54, 1.807) is 29.5 Å². The number of aromatic nitrogens is 1. The first kappa shape index (κ1) is 15.7. The Kier molecular flexibility index (Phi) is 5.41. The molecule has 1 N–H and O–H groups in total. The van der Waals surface area contributed by atoms with Crippen molar-refractivity contribution in [2.24, 2.45) is 0 Å². The van der Waals surface area contributed by atoms with Gasteiger partial charge in [-0.15, -0.1) is 11.3 Å². The molecule has 3 nitrogen and oxygen atoms in total. The molecule has 0 unspecified atom stereocenters. The second-order valence-corrected chi connectivity index (χ2v) is 6.89. The molecule has 1 aromatic heterocycles. The van der Waals surface area contributed by atoms with Crippen LogP contribution in [0.25, 0.3) is 0 Å². The summed E-state index contributed by atoms with van der Waals surface area (Å²) in [4.78, 5) is 7.44. The molecule has 0 amide bonds. The quantitative estimate of drug-likeness (QED) is 0.902. The van der Waals surface area contributed by atoms with Gasteiger partial charge in [0.15, 0.2) is 0 Å². The van der Waals surface area contributed by atoms with Crippen LogP contribution in [0.4, 0.5) is 0 Å². The van der Waals surface area contributed by atoms with Gasteiger partial charge >= 0.3 is 0 Å². The fourth-order valence-electron chi connectivity index (χ4n) is 1.97. The zero-order valence-corrected chi connectivity index (χ0v) is 13.6. The second-order valence-electron chi connectivity index (χ2n) is 4.72. The van der Waals surface area contributed by atoms with E-state index in [0.29, 0.717) is 22.2 Å². The zero-order chi connectivity index (χ0) is 14.7. The topological polar surface area (TPSA) is 36.4 Å². The number of aryl methyl sites for hydroxylation is 1. The summed E-state index contributed by atoms with van der Waals surface area (Å²) in [5.74, 6) is 0. The molecule has 1 atom stereocenters. The average molecular weight is 331 g/mol. The number of hydrogen-bond acceptors (Lipinski definition) is 4. The van der Waals surface area contributed by atoms with Crippen LogP contribution in [-0.4, -0.2) is 28.6 Å². The van der Waals surface area contributed by atoms with Crippen LogP contribution >= 0.6 is 34.5 Å². The Bertz CT molecular complexity index is 588. The van der Waals surface area contributed by atoms with Gasteiger partial charge in [-0.3, -0.25) is 4.90 Å². The van der Waals surface area contributed by atoms with Gasteiger partial charge in [-0.2, -0.15) is 0 Å². The maximum Gasteiger partial charge on any atom is 0.0931 e. The van der Waals surface area contributed by atoms with Crippen molar-refractivity contribution >= 4 is 34.5 Å². The van der Waals surface area contributed by atoms with Crippen molar-refractivity contribution in [1.82, 2.24) is 9.88 Å². The van der Waals surface area contributed by atoms with Gasteiger partial charge < -0.3 is 5.11 Å². The van der Waals surface area contributed by atoms with Crippen molar-refractivity contribution in [3.05, 3.63) is 49.9 Å². The molecule has 0 spiro atoms. The molecule has 2 aromatic rings. The first-order valence-electron chi connectivity index (χ1n) is 6.18. The SMILES string of the molecule is Cc1ncc(CN(C)C[C@@H](O)c2cc(Cl)ccc2Cl)s1. The minimum atomic E-state index is -0.666. The molecule has 0 bridgehead atoms. The number of rotatable bonds is 5. The molecular formula is C14H16Cl2N2OS. The van der Waals surface area contributed by atoms with E-state index < -0.39 is 6.10 Å². The van der Waals surface area contributed by atoms with E-state index in [9.17, 15) is 5.11 Å². The third-order valence-corrected chi connectivity index (χ3v) is 4.37. The molecule has 0 saturated carbocycles. The number of nitrogens with zero attached hydrogens (tertiary/aromatic N) is 2. The maximum absolute atomic E-state index is 10.3. The first-order valence-corrected chi connectivity index (χ1v) is 7.76. The second kappa shape index (κ2) is 6.87. The normalized spacial score (nSPS) is 12.9. The van der Waals surface area contributed by atoms with E-state index in [1.807, 2.05) is 25.1 Å². The summed E-state index contributed by atoms with van der Waals surface area (Å²) >= 11 is 13.7. The van der Waals surface area contributed by atoms with E-state index in [1.165, 1.54) is 4.88 Å². The summed E-state index contributed by atoms with van der Waals surface area (Å²) in [7, 11) is 1.96. The van der Waals surface area contributed by atoms with Crippen LogP contribution in [0.15, 0.2) is 24.4 Å². The summed E-state index contributed by atoms with van der Waals surface area (Å²) in [6.45, 7) is 3.21. The first-order chi connectivity index (χ1) is 9.45. The van der Waals surface area contributed by atoms with Crippen molar-refractivity contribution in [3.8, 4) is 0 Å². The van der Waals surface area contributed by atoms with Crippen LogP contribution in [0.2, 0.25) is 10.0 Å². The van der Waals surface area contributed by atoms with E-state index in [2.05, 4.69) is 4.98 Å². The standard InChI is InChI=1S/C14H16Cl2N2OS/c1-9-17-6-11(20-9)7-18(2)8-14(19)12-5-10(15)3-4-13(12)16/h3-6,14,19H,7-8H2,1-2H3/t14-/m1/s1. The molecule has 2 rings (SSSR count). The van der Waals surface area contributed by atoms with E-state index >= 15 is 0 Å². The van der Waals surface area contributed by atoms with Gasteiger partial charge in [0.1, 0.15) is 0 Å². The van der Waals surface area contributed by atoms with Crippen LogP contribution in [0, 0.1) is 6.92 Å². The number of halogens is 2. The van der Waals surface area contributed by atoms with Crippen LogP contribution in [0.3, 0.4) is 0 Å². The summed E-state index contributed by atoms with van der Waals surface area (Å²) in [6, 6.07) is 5.12. The lowest BCUT2D eigenvalue weighted by Crippen LogP contribution is -2.24. The van der Waals surface area contributed by atoms with Crippen LogP contribution in [-0.2, 0) is 6.54 Å². The molecule has 20 heavy (non-hydrogen) atoms. The third kappa shape index (κ3) is 4.17. The molecule has 0 fully saturated rings. The number of benzene rings is 1. The fourth-order valence-corrected chi connectivity index (χ4v) is 3.27. The summed E-state index contributed by atoms with van der Waals surface area (Å²) in [5.41, 5.74) is 0.659. The molecule has 0 aliphatic rings. The van der Waals surface area contributed by atoms with E-state index in [4.69, 9.17) is 23.2 Å². The maximum atomic E-state index is 10.3. The Hall–Kier alpha value is -0.650. The predicted molar refractivity (Wildman–Crippen MR) is 84.6 cm³/mol. The summed E-state index contributed by atoms with van der Waals surface area (Å²) in [6.07, 6.45) is 1.20. The van der Waals surface area contributed by atoms with Crippen LogP contribution in [0.5, 0.6) is 0 Å². The number of likely N-dealkylation sites (N-methyl/N-ethyl adjacent to an activating group) is 1. The van der Waals surface area contributed by atoms with Gasteiger partial charge in [-0.1, -0.05) is 23.2 Å². The largest absolute Gasteiger partial charge is 0.387 e. The van der Waals surface area contributed by atoms with Crippen molar-refractivity contribution in [2.45, 2.75) is 19.6 Å². The van der Waals surface area contributed by atoms with Gasteiger partial charge in [0, 0.05) is 39.8 Å². The Morgan fingerprint density at radius 2 is 2.15 bits per heavy atom. The molecular weight excluding hydrogens is 315 g/mol. The summed E-state index contributed by atoms with van der Waals surface area (Å²) in [5, 5.41) is 12.4. The Morgan fingerprint density at radius 1 is 1.40 bits per heavy atom. The monoisotopic (exact) mass is 330 g/mol. The van der Waals surface area contributed by atoms with Crippen LogP contribution in [0.1, 0.15) is 21.6 Å². The Balaban J connectivity index is 1.99. The smallest absolute Gasteiger partial charge is 0.0931 e. The lowest BCUT2D eigenvalue weighted by atomic mass is 10.1. The van der Waals surface area contributed by atoms with Gasteiger partial charge in [0.2, 0.25) is 0 Å². The molecule has 1 aromatic carbocycles. The lowest BCUT2D eigenvalue weighted by Gasteiger charge is -2.20. The molecule has 0 aliphatic heterocycles. The van der Waals surface area contributed by atoms with Crippen molar-refractivity contribution in [1.29, 1.82) is 0 Å². The average Bonchev–Trinajstić information content (AvgIpc) is 2.77. The molecule has 0 radical (unpaired) electrons. The number of aliphatic hydroxyl groups is 1. The summed E-state index contributed by atoms with van der Waals surface area (Å²) < 4.78 is 0.